The summed E-state index contributed by atoms with van der Waals surface area (Å²) in [6.45, 7) is 2.33. The van der Waals surface area contributed by atoms with Gasteiger partial charge < -0.3 is 5.32 Å². The van der Waals surface area contributed by atoms with Crippen molar-refractivity contribution in [2.45, 2.75) is 31.7 Å². The van der Waals surface area contributed by atoms with Gasteiger partial charge in [0.1, 0.15) is 0 Å². The van der Waals surface area contributed by atoms with Crippen LogP contribution in [-0.4, -0.2) is 13.1 Å². The lowest BCUT2D eigenvalue weighted by atomic mass is 9.92. The molecule has 4 unspecified atom stereocenters. The SMILES string of the molecule is CNC(C)C1C2CCc3ccccc3C21. The third-order valence-corrected chi connectivity index (χ3v) is 4.42. The van der Waals surface area contributed by atoms with Crippen LogP contribution in [0, 0.1) is 11.8 Å². The Hall–Kier alpha value is -0.820. The van der Waals surface area contributed by atoms with Gasteiger partial charge in [0.15, 0.2) is 0 Å². The molecule has 2 aliphatic carbocycles. The van der Waals surface area contributed by atoms with Crippen molar-refractivity contribution < 1.29 is 0 Å². The van der Waals surface area contributed by atoms with Crippen LogP contribution in [0.15, 0.2) is 24.3 Å². The van der Waals surface area contributed by atoms with Gasteiger partial charge >= 0.3 is 0 Å². The van der Waals surface area contributed by atoms with E-state index in [-0.39, 0.29) is 0 Å². The Morgan fingerprint density at radius 2 is 2.13 bits per heavy atom. The molecule has 0 saturated heterocycles. The Bertz CT molecular complexity index is 371. The van der Waals surface area contributed by atoms with E-state index in [2.05, 4.69) is 43.6 Å². The van der Waals surface area contributed by atoms with Gasteiger partial charge in [-0.2, -0.15) is 0 Å². The molecule has 0 heterocycles. The predicted molar refractivity (Wildman–Crippen MR) is 63.0 cm³/mol. The number of nitrogens with one attached hydrogen (secondary N) is 1. The molecular formula is C14H19N. The van der Waals surface area contributed by atoms with Crippen LogP contribution in [0.25, 0.3) is 0 Å². The highest BCUT2D eigenvalue weighted by Gasteiger charge is 2.54. The summed E-state index contributed by atoms with van der Waals surface area (Å²) in [6.07, 6.45) is 2.70. The number of rotatable bonds is 2. The first-order chi connectivity index (χ1) is 7.33. The van der Waals surface area contributed by atoms with Crippen molar-refractivity contribution in [2.24, 2.45) is 11.8 Å². The minimum absolute atomic E-state index is 0.672. The molecule has 0 amide bonds. The molecule has 80 valence electrons. The number of hydrogen-bond donors (Lipinski definition) is 1. The topological polar surface area (TPSA) is 12.0 Å². The zero-order chi connectivity index (χ0) is 10.4. The van der Waals surface area contributed by atoms with E-state index in [0.717, 1.165) is 17.8 Å². The van der Waals surface area contributed by atoms with E-state index >= 15 is 0 Å². The second kappa shape index (κ2) is 3.34. The first-order valence-electron chi connectivity index (χ1n) is 6.08. The molecule has 0 bridgehead atoms. The zero-order valence-electron chi connectivity index (χ0n) is 9.53. The van der Waals surface area contributed by atoms with Gasteiger partial charge in [0.2, 0.25) is 0 Å². The maximum atomic E-state index is 3.41. The van der Waals surface area contributed by atoms with Gasteiger partial charge in [0.05, 0.1) is 0 Å². The summed E-state index contributed by atoms with van der Waals surface area (Å²) in [7, 11) is 2.08. The second-order valence-electron chi connectivity index (χ2n) is 5.08. The summed E-state index contributed by atoms with van der Waals surface area (Å²) in [6, 6.07) is 9.70. The molecule has 1 fully saturated rings. The Kier molecular flexibility index (Phi) is 2.10. The highest BCUT2D eigenvalue weighted by molar-refractivity contribution is 5.39. The molecule has 2 aliphatic rings. The van der Waals surface area contributed by atoms with Gasteiger partial charge in [0.25, 0.3) is 0 Å². The normalized spacial score (nSPS) is 34.1. The van der Waals surface area contributed by atoms with Gasteiger partial charge in [-0.1, -0.05) is 24.3 Å². The summed E-state index contributed by atoms with van der Waals surface area (Å²) in [5.74, 6) is 2.71. The first kappa shape index (κ1) is 9.41. The monoisotopic (exact) mass is 201 g/mol. The van der Waals surface area contributed by atoms with Crippen molar-refractivity contribution in [1.29, 1.82) is 0 Å². The molecule has 15 heavy (non-hydrogen) atoms. The third-order valence-electron chi connectivity index (χ3n) is 4.42. The number of hydrogen-bond acceptors (Lipinski definition) is 1. The lowest BCUT2D eigenvalue weighted by molar-refractivity contribution is 0.499. The fourth-order valence-corrected chi connectivity index (χ4v) is 3.49. The van der Waals surface area contributed by atoms with Crippen LogP contribution < -0.4 is 5.32 Å². The van der Waals surface area contributed by atoms with Gasteiger partial charge in [0, 0.05) is 6.04 Å². The van der Waals surface area contributed by atoms with Crippen LogP contribution in [0.3, 0.4) is 0 Å². The first-order valence-corrected chi connectivity index (χ1v) is 6.08. The van der Waals surface area contributed by atoms with Crippen LogP contribution in [0.1, 0.15) is 30.4 Å². The van der Waals surface area contributed by atoms with E-state index in [4.69, 9.17) is 0 Å². The Morgan fingerprint density at radius 1 is 1.33 bits per heavy atom. The van der Waals surface area contributed by atoms with Crippen molar-refractivity contribution in [3.63, 3.8) is 0 Å². The van der Waals surface area contributed by atoms with Crippen molar-refractivity contribution in [3.8, 4) is 0 Å². The van der Waals surface area contributed by atoms with Gasteiger partial charge in [-0.25, -0.2) is 0 Å². The van der Waals surface area contributed by atoms with Crippen molar-refractivity contribution in [3.05, 3.63) is 35.4 Å². The fourth-order valence-electron chi connectivity index (χ4n) is 3.49. The van der Waals surface area contributed by atoms with Gasteiger partial charge in [-0.3, -0.25) is 0 Å². The van der Waals surface area contributed by atoms with Crippen molar-refractivity contribution in [1.82, 2.24) is 5.32 Å². The summed E-state index contributed by atoms with van der Waals surface area (Å²) >= 11 is 0. The quantitative estimate of drug-likeness (QED) is 0.775. The zero-order valence-corrected chi connectivity index (χ0v) is 9.53. The summed E-state index contributed by atoms with van der Waals surface area (Å²) in [5, 5.41) is 3.41. The van der Waals surface area contributed by atoms with Crippen molar-refractivity contribution >= 4 is 0 Å². The number of aryl methyl sites for hydroxylation is 1. The van der Waals surface area contributed by atoms with E-state index < -0.39 is 0 Å². The smallest absolute Gasteiger partial charge is 0.00728 e. The van der Waals surface area contributed by atoms with Crippen LogP contribution in [0.5, 0.6) is 0 Å². The van der Waals surface area contributed by atoms with E-state index in [9.17, 15) is 0 Å². The lowest BCUT2D eigenvalue weighted by Crippen LogP contribution is -2.24. The Labute approximate surface area is 91.9 Å². The summed E-state index contributed by atoms with van der Waals surface area (Å²) < 4.78 is 0. The molecule has 1 heteroatoms. The molecule has 1 aromatic carbocycles. The second-order valence-corrected chi connectivity index (χ2v) is 5.08. The maximum absolute atomic E-state index is 3.41. The minimum Gasteiger partial charge on any atom is -0.317 e. The Morgan fingerprint density at radius 3 is 2.93 bits per heavy atom. The molecule has 1 aromatic rings. The van der Waals surface area contributed by atoms with Crippen LogP contribution in [0.2, 0.25) is 0 Å². The molecule has 0 radical (unpaired) electrons. The third kappa shape index (κ3) is 1.33. The molecule has 1 nitrogen and oxygen atoms in total. The predicted octanol–water partition coefficient (Wildman–Crippen LogP) is 2.57. The Balaban J connectivity index is 1.90. The standard InChI is InChI=1S/C14H19N/c1-9(15-2)13-12-8-7-10-5-3-4-6-11(10)14(12)13/h3-6,9,12-15H,7-8H2,1-2H3. The van der Waals surface area contributed by atoms with E-state index in [1.54, 1.807) is 11.1 Å². The van der Waals surface area contributed by atoms with Gasteiger partial charge in [-0.15, -0.1) is 0 Å². The average Bonchev–Trinajstić information content (AvgIpc) is 3.02. The molecule has 0 aliphatic heterocycles. The van der Waals surface area contributed by atoms with Crippen LogP contribution in [-0.2, 0) is 6.42 Å². The number of fused-ring (bicyclic) bond motifs is 3. The molecule has 0 aromatic heterocycles. The molecule has 4 atom stereocenters. The highest BCUT2D eigenvalue weighted by Crippen LogP contribution is 2.61. The maximum Gasteiger partial charge on any atom is 0.00728 e. The summed E-state index contributed by atoms with van der Waals surface area (Å²) in [4.78, 5) is 0. The van der Waals surface area contributed by atoms with E-state index in [1.165, 1.54) is 12.8 Å². The van der Waals surface area contributed by atoms with Crippen LogP contribution in [0.4, 0.5) is 0 Å². The van der Waals surface area contributed by atoms with Crippen LogP contribution >= 0.6 is 0 Å². The van der Waals surface area contributed by atoms with E-state index in [1.807, 2.05) is 0 Å². The fraction of sp³-hybridized carbons (Fsp3) is 0.571. The van der Waals surface area contributed by atoms with E-state index in [0.29, 0.717) is 6.04 Å². The average molecular weight is 201 g/mol. The molecular weight excluding hydrogens is 182 g/mol. The molecule has 1 N–H and O–H groups in total. The summed E-state index contributed by atoms with van der Waals surface area (Å²) in [5.41, 5.74) is 3.24. The molecule has 3 rings (SSSR count). The molecule has 1 saturated carbocycles. The van der Waals surface area contributed by atoms with Crippen molar-refractivity contribution in [2.75, 3.05) is 7.05 Å². The largest absolute Gasteiger partial charge is 0.317 e. The van der Waals surface area contributed by atoms with Gasteiger partial charge in [-0.05, 0) is 55.7 Å². The minimum atomic E-state index is 0.672. The number of benzene rings is 1. The lowest BCUT2D eigenvalue weighted by Gasteiger charge is -2.13. The highest BCUT2D eigenvalue weighted by atomic mass is 14.9. The molecule has 0 spiro atoms.